The first-order valence-corrected chi connectivity index (χ1v) is 10.9. The summed E-state index contributed by atoms with van der Waals surface area (Å²) in [5.74, 6) is -0.690. The largest absolute Gasteiger partial charge is 0.416 e. The number of hydrogen-bond acceptors (Lipinski definition) is 3. The van der Waals surface area contributed by atoms with Gasteiger partial charge in [-0.05, 0) is 55.2 Å². The molecule has 1 aliphatic heterocycles. The van der Waals surface area contributed by atoms with Crippen molar-refractivity contribution in [3.63, 3.8) is 0 Å². The number of carbonyl (C=O) groups is 3. The number of hydrogen-bond donors (Lipinski definition) is 2. The summed E-state index contributed by atoms with van der Waals surface area (Å²) >= 11 is 0. The van der Waals surface area contributed by atoms with Crippen molar-refractivity contribution < 1.29 is 27.6 Å². The third kappa shape index (κ3) is 5.71. The number of rotatable bonds is 7. The molecule has 2 N–H and O–H groups in total. The van der Waals surface area contributed by atoms with Gasteiger partial charge in [0.05, 0.1) is 11.6 Å². The molecule has 0 radical (unpaired) electrons. The SMILES string of the molecule is O=C(NC(CN1CCCC1=O)c1cccc(C(F)(F)F)c1)c1cccc(NC(=O)C2CC2)c1. The first kappa shape index (κ1) is 22.8. The van der Waals surface area contributed by atoms with E-state index in [1.807, 2.05) is 0 Å². The number of nitrogens with zero attached hydrogens (tertiary/aromatic N) is 1. The Labute approximate surface area is 189 Å². The van der Waals surface area contributed by atoms with Gasteiger partial charge in [0.25, 0.3) is 5.91 Å². The van der Waals surface area contributed by atoms with Crippen LogP contribution in [0.4, 0.5) is 18.9 Å². The fourth-order valence-corrected chi connectivity index (χ4v) is 3.85. The molecule has 6 nitrogen and oxygen atoms in total. The number of likely N-dealkylation sites (tertiary alicyclic amines) is 1. The maximum atomic E-state index is 13.2. The normalized spacial score (nSPS) is 17.1. The first-order chi connectivity index (χ1) is 15.7. The Kier molecular flexibility index (Phi) is 6.40. The molecule has 0 aromatic heterocycles. The van der Waals surface area contributed by atoms with E-state index in [0.717, 1.165) is 25.0 Å². The number of nitrogens with one attached hydrogen (secondary N) is 2. The van der Waals surface area contributed by atoms with Crippen LogP contribution in [0, 0.1) is 5.92 Å². The van der Waals surface area contributed by atoms with Crippen molar-refractivity contribution in [2.24, 2.45) is 5.92 Å². The minimum absolute atomic E-state index is 0.00534. The molecule has 9 heteroatoms. The molecule has 3 amide bonds. The van der Waals surface area contributed by atoms with Crippen molar-refractivity contribution >= 4 is 23.4 Å². The van der Waals surface area contributed by atoms with E-state index >= 15 is 0 Å². The minimum atomic E-state index is -4.53. The summed E-state index contributed by atoms with van der Waals surface area (Å²) < 4.78 is 39.7. The van der Waals surface area contributed by atoms with Gasteiger partial charge < -0.3 is 15.5 Å². The molecule has 1 unspecified atom stereocenters. The van der Waals surface area contributed by atoms with Crippen LogP contribution in [0.5, 0.6) is 0 Å². The van der Waals surface area contributed by atoms with Crippen LogP contribution in [-0.4, -0.2) is 35.7 Å². The molecule has 4 rings (SSSR count). The molecule has 2 fully saturated rings. The molecule has 1 saturated carbocycles. The second-order valence-corrected chi connectivity index (χ2v) is 8.44. The second kappa shape index (κ2) is 9.25. The van der Waals surface area contributed by atoms with Crippen molar-refractivity contribution in [3.05, 3.63) is 65.2 Å². The average Bonchev–Trinajstić information content (AvgIpc) is 3.56. The van der Waals surface area contributed by atoms with Crippen molar-refractivity contribution in [1.29, 1.82) is 0 Å². The third-order valence-corrected chi connectivity index (χ3v) is 5.84. The van der Waals surface area contributed by atoms with Crippen LogP contribution in [0.1, 0.15) is 53.2 Å². The van der Waals surface area contributed by atoms with Gasteiger partial charge in [-0.1, -0.05) is 18.2 Å². The van der Waals surface area contributed by atoms with Crippen molar-refractivity contribution in [2.45, 2.75) is 37.9 Å². The van der Waals surface area contributed by atoms with Crippen LogP contribution in [0.3, 0.4) is 0 Å². The predicted octanol–water partition coefficient (Wildman–Crippen LogP) is 4.15. The van der Waals surface area contributed by atoms with Gasteiger partial charge in [-0.2, -0.15) is 13.2 Å². The first-order valence-electron chi connectivity index (χ1n) is 10.9. The van der Waals surface area contributed by atoms with Crippen LogP contribution >= 0.6 is 0 Å². The quantitative estimate of drug-likeness (QED) is 0.653. The lowest BCUT2D eigenvalue weighted by molar-refractivity contribution is -0.137. The van der Waals surface area contributed by atoms with E-state index in [1.54, 1.807) is 23.1 Å². The standard InChI is InChI=1S/C24H24F3N3O3/c25-24(26,27)18-6-1-4-16(12-18)20(14-30-11-3-8-21(30)31)29-23(33)17-5-2-7-19(13-17)28-22(32)15-9-10-15/h1-2,4-7,12-13,15,20H,3,8-11,14H2,(H,28,32)(H,29,33). The molecule has 2 aromatic rings. The second-order valence-electron chi connectivity index (χ2n) is 8.44. The van der Waals surface area contributed by atoms with E-state index in [4.69, 9.17) is 0 Å². The lowest BCUT2D eigenvalue weighted by atomic mass is 10.0. The lowest BCUT2D eigenvalue weighted by Crippen LogP contribution is -2.38. The number of halogens is 3. The highest BCUT2D eigenvalue weighted by Crippen LogP contribution is 2.32. The molecule has 1 atom stereocenters. The van der Waals surface area contributed by atoms with Crippen molar-refractivity contribution in [2.75, 3.05) is 18.4 Å². The highest BCUT2D eigenvalue weighted by atomic mass is 19.4. The summed E-state index contributed by atoms with van der Waals surface area (Å²) in [6.45, 7) is 0.566. The van der Waals surface area contributed by atoms with Crippen LogP contribution in [0.15, 0.2) is 48.5 Å². The van der Waals surface area contributed by atoms with E-state index in [-0.39, 0.29) is 35.4 Å². The summed E-state index contributed by atoms with van der Waals surface area (Å²) in [7, 11) is 0. The van der Waals surface area contributed by atoms with Gasteiger partial charge in [0, 0.05) is 36.7 Å². The molecule has 33 heavy (non-hydrogen) atoms. The zero-order valence-electron chi connectivity index (χ0n) is 17.8. The Hall–Kier alpha value is -3.36. The Morgan fingerprint density at radius 2 is 1.85 bits per heavy atom. The zero-order chi connectivity index (χ0) is 23.6. The van der Waals surface area contributed by atoms with E-state index < -0.39 is 23.7 Å². The smallest absolute Gasteiger partial charge is 0.343 e. The summed E-state index contributed by atoms with van der Waals surface area (Å²) in [6, 6.07) is 10.3. The Morgan fingerprint density at radius 1 is 1.09 bits per heavy atom. The number of benzene rings is 2. The van der Waals surface area contributed by atoms with Gasteiger partial charge in [0.1, 0.15) is 0 Å². The summed E-state index contributed by atoms with van der Waals surface area (Å²) in [4.78, 5) is 38.7. The number of amides is 3. The molecule has 0 bridgehead atoms. The molecule has 2 aliphatic rings. The van der Waals surface area contributed by atoms with Gasteiger partial charge in [-0.15, -0.1) is 0 Å². The van der Waals surface area contributed by atoms with Gasteiger partial charge in [0.2, 0.25) is 11.8 Å². The van der Waals surface area contributed by atoms with Crippen LogP contribution in [0.2, 0.25) is 0 Å². The van der Waals surface area contributed by atoms with Crippen LogP contribution < -0.4 is 10.6 Å². The average molecular weight is 459 g/mol. The van der Waals surface area contributed by atoms with Gasteiger partial charge in [-0.3, -0.25) is 14.4 Å². The summed E-state index contributed by atoms with van der Waals surface area (Å²) in [5, 5.41) is 5.55. The molecular weight excluding hydrogens is 435 g/mol. The highest BCUT2D eigenvalue weighted by Gasteiger charge is 2.32. The van der Waals surface area contributed by atoms with Gasteiger partial charge in [-0.25, -0.2) is 0 Å². The molecule has 1 aliphatic carbocycles. The highest BCUT2D eigenvalue weighted by molar-refractivity contribution is 5.98. The maximum Gasteiger partial charge on any atom is 0.416 e. The lowest BCUT2D eigenvalue weighted by Gasteiger charge is -2.26. The fourth-order valence-electron chi connectivity index (χ4n) is 3.85. The summed E-state index contributed by atoms with van der Waals surface area (Å²) in [6.07, 6.45) is -1.78. The Morgan fingerprint density at radius 3 is 2.52 bits per heavy atom. The van der Waals surface area contributed by atoms with Crippen molar-refractivity contribution in [3.8, 4) is 0 Å². The van der Waals surface area contributed by atoms with E-state index in [1.165, 1.54) is 18.2 Å². The Bertz CT molecular complexity index is 1070. The number of anilines is 1. The fraction of sp³-hybridized carbons (Fsp3) is 0.375. The third-order valence-electron chi connectivity index (χ3n) is 5.84. The van der Waals surface area contributed by atoms with Crippen molar-refractivity contribution in [1.82, 2.24) is 10.2 Å². The van der Waals surface area contributed by atoms with Gasteiger partial charge >= 0.3 is 6.18 Å². The minimum Gasteiger partial charge on any atom is -0.343 e. The topological polar surface area (TPSA) is 78.5 Å². The predicted molar refractivity (Wildman–Crippen MR) is 115 cm³/mol. The Balaban J connectivity index is 1.55. The summed E-state index contributed by atoms with van der Waals surface area (Å²) in [5.41, 5.74) is 0.172. The monoisotopic (exact) mass is 459 g/mol. The van der Waals surface area contributed by atoms with Gasteiger partial charge in [0.15, 0.2) is 0 Å². The van der Waals surface area contributed by atoms with E-state index in [2.05, 4.69) is 10.6 Å². The molecule has 2 aromatic carbocycles. The van der Waals surface area contributed by atoms with Crippen LogP contribution in [-0.2, 0) is 15.8 Å². The number of carbonyl (C=O) groups excluding carboxylic acids is 3. The molecular formula is C24H24F3N3O3. The van der Waals surface area contributed by atoms with E-state index in [0.29, 0.717) is 25.1 Å². The molecule has 1 saturated heterocycles. The van der Waals surface area contributed by atoms with E-state index in [9.17, 15) is 27.6 Å². The molecule has 0 spiro atoms. The number of alkyl halides is 3. The maximum absolute atomic E-state index is 13.2. The molecule has 174 valence electrons. The molecule has 1 heterocycles. The van der Waals surface area contributed by atoms with Crippen LogP contribution in [0.25, 0.3) is 0 Å². The zero-order valence-corrected chi connectivity index (χ0v) is 17.8.